The Labute approximate surface area is 154 Å². The van der Waals surface area contributed by atoms with E-state index in [1.165, 1.54) is 14.2 Å². The van der Waals surface area contributed by atoms with Crippen LogP contribution in [0.3, 0.4) is 0 Å². The van der Waals surface area contributed by atoms with Gasteiger partial charge in [0, 0.05) is 10.2 Å². The van der Waals surface area contributed by atoms with Crippen LogP contribution in [0.15, 0.2) is 27.9 Å². The number of methoxy groups -OCH3 is 2. The van der Waals surface area contributed by atoms with Crippen molar-refractivity contribution in [2.75, 3.05) is 14.2 Å². The van der Waals surface area contributed by atoms with Gasteiger partial charge in [0.15, 0.2) is 11.5 Å². The van der Waals surface area contributed by atoms with Crippen molar-refractivity contribution in [3.8, 4) is 11.5 Å². The van der Waals surface area contributed by atoms with Gasteiger partial charge in [-0.1, -0.05) is 15.9 Å². The third-order valence-electron chi connectivity index (χ3n) is 3.63. The molecule has 136 valence electrons. The molecule has 0 aliphatic carbocycles. The Bertz CT molecular complexity index is 730. The summed E-state index contributed by atoms with van der Waals surface area (Å²) in [5.74, 6) is 0.540. The van der Waals surface area contributed by atoms with E-state index in [-0.39, 0.29) is 6.10 Å². The second-order valence-electron chi connectivity index (χ2n) is 5.75. The van der Waals surface area contributed by atoms with Crippen molar-refractivity contribution in [3.63, 3.8) is 0 Å². The first-order valence-electron chi connectivity index (χ1n) is 7.69. The fourth-order valence-corrected chi connectivity index (χ4v) is 3.14. The lowest BCUT2D eigenvalue weighted by molar-refractivity contribution is -0.136. The van der Waals surface area contributed by atoms with E-state index in [1.54, 1.807) is 19.1 Å². The van der Waals surface area contributed by atoms with Crippen LogP contribution in [0.1, 0.15) is 32.4 Å². The largest absolute Gasteiger partial charge is 0.493 e. The molecular weight excluding hydrogens is 392 g/mol. The Balaban J connectivity index is 2.56. The monoisotopic (exact) mass is 412 g/mol. The van der Waals surface area contributed by atoms with Crippen molar-refractivity contribution in [2.24, 2.45) is 0 Å². The second kappa shape index (κ2) is 7.77. The Morgan fingerprint density at radius 2 is 1.92 bits per heavy atom. The first-order valence-corrected chi connectivity index (χ1v) is 8.48. The number of allylic oxidation sites excluding steroid dienone is 1. The number of hydrogen-bond donors (Lipinski definition) is 2. The molecule has 1 aliphatic heterocycles. The number of halogens is 1. The Morgan fingerprint density at radius 3 is 2.48 bits per heavy atom. The summed E-state index contributed by atoms with van der Waals surface area (Å²) in [5.41, 5.74) is 1.42. The van der Waals surface area contributed by atoms with E-state index < -0.39 is 18.0 Å². The summed E-state index contributed by atoms with van der Waals surface area (Å²) in [4.78, 5) is 24.1. The highest BCUT2D eigenvalue weighted by Crippen LogP contribution is 2.39. The van der Waals surface area contributed by atoms with Gasteiger partial charge in [0.2, 0.25) is 0 Å². The summed E-state index contributed by atoms with van der Waals surface area (Å²) in [6, 6.07) is 2.40. The van der Waals surface area contributed by atoms with Crippen LogP contribution >= 0.6 is 15.9 Å². The number of rotatable bonds is 5. The van der Waals surface area contributed by atoms with Crippen molar-refractivity contribution in [1.82, 2.24) is 10.6 Å². The number of carbonyl (C=O) groups is 2. The normalized spacial score (nSPS) is 17.1. The molecular formula is C17H21BrN2O5. The second-order valence-corrected chi connectivity index (χ2v) is 6.61. The van der Waals surface area contributed by atoms with Crippen LogP contribution in [0.2, 0.25) is 0 Å². The quantitative estimate of drug-likeness (QED) is 0.725. The van der Waals surface area contributed by atoms with Crippen LogP contribution < -0.4 is 20.1 Å². The number of urea groups is 1. The van der Waals surface area contributed by atoms with Crippen LogP contribution in [-0.2, 0) is 9.53 Å². The van der Waals surface area contributed by atoms with Crippen LogP contribution in [-0.4, -0.2) is 32.3 Å². The van der Waals surface area contributed by atoms with Crippen molar-refractivity contribution in [2.45, 2.75) is 32.9 Å². The number of amides is 2. The van der Waals surface area contributed by atoms with Gasteiger partial charge in [-0.05, 0) is 38.5 Å². The molecule has 0 radical (unpaired) electrons. The fraction of sp³-hybridized carbons (Fsp3) is 0.412. The zero-order valence-electron chi connectivity index (χ0n) is 14.7. The number of nitrogens with one attached hydrogen (secondary N) is 2. The van der Waals surface area contributed by atoms with Gasteiger partial charge in [-0.2, -0.15) is 0 Å². The summed E-state index contributed by atoms with van der Waals surface area (Å²) >= 11 is 3.49. The zero-order chi connectivity index (χ0) is 18.7. The molecule has 0 spiro atoms. The minimum absolute atomic E-state index is 0.0296. The number of carbonyl (C=O) groups excluding carboxylic acids is 2. The van der Waals surface area contributed by atoms with Crippen LogP contribution in [0.5, 0.6) is 11.5 Å². The maximum atomic E-state index is 12.2. The van der Waals surface area contributed by atoms with E-state index >= 15 is 0 Å². The van der Waals surface area contributed by atoms with E-state index in [0.29, 0.717) is 32.8 Å². The molecule has 1 aliphatic rings. The SMILES string of the molecule is COC(=O)C1=C(C)NC(=O)NC1c1cc(OC)c(OC(C)C)cc1Br. The maximum absolute atomic E-state index is 12.2. The molecule has 1 unspecified atom stereocenters. The van der Waals surface area contributed by atoms with Crippen LogP contribution in [0.4, 0.5) is 4.79 Å². The molecule has 0 saturated carbocycles. The lowest BCUT2D eigenvalue weighted by Gasteiger charge is -2.29. The summed E-state index contributed by atoms with van der Waals surface area (Å²) in [7, 11) is 2.83. The van der Waals surface area contributed by atoms with Gasteiger partial charge in [-0.3, -0.25) is 0 Å². The predicted molar refractivity (Wildman–Crippen MR) is 95.6 cm³/mol. The third kappa shape index (κ3) is 4.07. The van der Waals surface area contributed by atoms with E-state index in [9.17, 15) is 9.59 Å². The van der Waals surface area contributed by atoms with E-state index in [1.807, 2.05) is 13.8 Å². The van der Waals surface area contributed by atoms with E-state index in [0.717, 1.165) is 0 Å². The van der Waals surface area contributed by atoms with Crippen molar-refractivity contribution >= 4 is 27.9 Å². The molecule has 0 bridgehead atoms. The van der Waals surface area contributed by atoms with Gasteiger partial charge in [-0.15, -0.1) is 0 Å². The number of esters is 1. The standard InChI is InChI=1S/C17H21BrN2O5/c1-8(2)25-13-7-11(18)10(6-12(13)23-4)15-14(16(21)24-5)9(3)19-17(22)20-15/h6-8,15H,1-5H3,(H2,19,20,22). The topological polar surface area (TPSA) is 85.9 Å². The van der Waals surface area contributed by atoms with Gasteiger partial charge in [0.1, 0.15) is 0 Å². The smallest absolute Gasteiger partial charge is 0.337 e. The molecule has 0 aromatic heterocycles. The van der Waals surface area contributed by atoms with E-state index in [4.69, 9.17) is 14.2 Å². The minimum Gasteiger partial charge on any atom is -0.493 e. The predicted octanol–water partition coefficient (Wildman–Crippen LogP) is 3.05. The van der Waals surface area contributed by atoms with E-state index in [2.05, 4.69) is 26.6 Å². The highest BCUT2D eigenvalue weighted by molar-refractivity contribution is 9.10. The highest BCUT2D eigenvalue weighted by Gasteiger charge is 2.33. The van der Waals surface area contributed by atoms with Crippen molar-refractivity contribution in [3.05, 3.63) is 33.4 Å². The summed E-state index contributed by atoms with van der Waals surface area (Å²) in [6.07, 6.45) is -0.0296. The van der Waals surface area contributed by atoms with Gasteiger partial charge in [0.05, 0.1) is 31.9 Å². The highest BCUT2D eigenvalue weighted by atomic mass is 79.9. The van der Waals surface area contributed by atoms with Crippen LogP contribution in [0.25, 0.3) is 0 Å². The third-order valence-corrected chi connectivity index (χ3v) is 4.32. The van der Waals surface area contributed by atoms with Crippen molar-refractivity contribution in [1.29, 1.82) is 0 Å². The number of ether oxygens (including phenoxy) is 3. The molecule has 1 heterocycles. The minimum atomic E-state index is -0.683. The molecule has 2 N–H and O–H groups in total. The molecule has 2 amide bonds. The summed E-state index contributed by atoms with van der Waals surface area (Å²) < 4.78 is 16.7. The molecule has 7 nitrogen and oxygen atoms in total. The molecule has 8 heteroatoms. The lowest BCUT2D eigenvalue weighted by Crippen LogP contribution is -2.45. The molecule has 1 aromatic carbocycles. The number of hydrogen-bond acceptors (Lipinski definition) is 5. The Morgan fingerprint density at radius 1 is 1.24 bits per heavy atom. The number of benzene rings is 1. The van der Waals surface area contributed by atoms with Crippen LogP contribution in [0, 0.1) is 0 Å². The van der Waals surface area contributed by atoms with Gasteiger partial charge < -0.3 is 24.8 Å². The molecule has 0 fully saturated rings. The maximum Gasteiger partial charge on any atom is 0.337 e. The molecule has 1 aromatic rings. The first kappa shape index (κ1) is 19.1. The summed E-state index contributed by atoms with van der Waals surface area (Å²) in [5, 5.41) is 5.33. The Hall–Kier alpha value is -2.22. The zero-order valence-corrected chi connectivity index (χ0v) is 16.3. The van der Waals surface area contributed by atoms with Gasteiger partial charge in [-0.25, -0.2) is 9.59 Å². The summed E-state index contributed by atoms with van der Waals surface area (Å²) in [6.45, 7) is 5.48. The fourth-order valence-electron chi connectivity index (χ4n) is 2.59. The molecule has 25 heavy (non-hydrogen) atoms. The molecule has 0 saturated heterocycles. The Kier molecular flexibility index (Phi) is 5.94. The molecule has 2 rings (SSSR count). The average Bonchev–Trinajstić information content (AvgIpc) is 2.53. The lowest BCUT2D eigenvalue weighted by atomic mass is 9.95. The van der Waals surface area contributed by atoms with Crippen molar-refractivity contribution < 1.29 is 23.8 Å². The first-order chi connectivity index (χ1) is 11.8. The van der Waals surface area contributed by atoms with Gasteiger partial charge >= 0.3 is 12.0 Å². The molecule has 1 atom stereocenters. The average molecular weight is 413 g/mol. The van der Waals surface area contributed by atoms with Gasteiger partial charge in [0.25, 0.3) is 0 Å².